The summed E-state index contributed by atoms with van der Waals surface area (Å²) in [5, 5.41) is 2.98. The molecule has 1 atom stereocenters. The summed E-state index contributed by atoms with van der Waals surface area (Å²) in [5.41, 5.74) is -0.970. The van der Waals surface area contributed by atoms with E-state index in [0.29, 0.717) is 12.9 Å². The first-order valence-corrected chi connectivity index (χ1v) is 7.61. The topological polar surface area (TPSA) is 55.4 Å². The zero-order chi connectivity index (χ0) is 18.4. The molecular formula is C17H22F3NO3. The Bertz CT molecular complexity index is 559. The number of hydrogen-bond donors (Lipinski definition) is 1. The normalized spacial score (nSPS) is 17.7. The van der Waals surface area contributed by atoms with Crippen molar-refractivity contribution in [2.75, 3.05) is 6.54 Å². The van der Waals surface area contributed by atoms with Crippen molar-refractivity contribution in [3.63, 3.8) is 0 Å². The number of ether oxygens (including phenoxy) is 1. The number of rotatable bonds is 3. The van der Waals surface area contributed by atoms with Crippen molar-refractivity contribution >= 4 is 12.3 Å². The summed E-state index contributed by atoms with van der Waals surface area (Å²) in [6.07, 6.45) is -2.83. The van der Waals surface area contributed by atoms with Gasteiger partial charge in [-0.05, 0) is 52.3 Å². The fourth-order valence-corrected chi connectivity index (χ4v) is 2.10. The van der Waals surface area contributed by atoms with Gasteiger partial charge >= 0.3 is 6.18 Å². The van der Waals surface area contributed by atoms with Gasteiger partial charge < -0.3 is 10.1 Å². The number of hydrogen-bond acceptors (Lipinski definition) is 4. The molecule has 1 aromatic rings. The van der Waals surface area contributed by atoms with Gasteiger partial charge in [0, 0.05) is 5.56 Å². The second-order valence-electron chi connectivity index (χ2n) is 6.42. The van der Waals surface area contributed by atoms with Crippen LogP contribution in [-0.4, -0.2) is 30.4 Å². The van der Waals surface area contributed by atoms with Crippen molar-refractivity contribution in [3.8, 4) is 0 Å². The molecule has 1 aliphatic rings. The minimum atomic E-state index is -4.40. The van der Waals surface area contributed by atoms with E-state index in [4.69, 9.17) is 0 Å². The van der Waals surface area contributed by atoms with Crippen LogP contribution in [0.2, 0.25) is 0 Å². The number of carbonyl (C=O) groups is 2. The van der Waals surface area contributed by atoms with E-state index in [1.54, 1.807) is 0 Å². The summed E-state index contributed by atoms with van der Waals surface area (Å²) in [6, 6.07) is 4.25. The lowest BCUT2D eigenvalue weighted by atomic mass is 10.0. The lowest BCUT2D eigenvalue weighted by Gasteiger charge is -2.14. The van der Waals surface area contributed by atoms with E-state index >= 15 is 0 Å². The van der Waals surface area contributed by atoms with Gasteiger partial charge in [0.15, 0.2) is 5.78 Å². The molecule has 0 unspecified atom stereocenters. The molecule has 4 nitrogen and oxygen atoms in total. The van der Waals surface area contributed by atoms with Gasteiger partial charge in [-0.2, -0.15) is 13.2 Å². The van der Waals surface area contributed by atoms with Gasteiger partial charge in [0.25, 0.3) is 6.47 Å². The van der Waals surface area contributed by atoms with Crippen molar-refractivity contribution in [1.29, 1.82) is 0 Å². The van der Waals surface area contributed by atoms with Crippen molar-refractivity contribution in [2.24, 2.45) is 0 Å². The number of benzene rings is 1. The molecule has 7 heteroatoms. The Balaban J connectivity index is 0.000000351. The molecule has 1 aliphatic heterocycles. The first-order valence-electron chi connectivity index (χ1n) is 7.61. The van der Waals surface area contributed by atoms with Crippen LogP contribution < -0.4 is 5.32 Å². The number of nitrogens with one attached hydrogen (secondary N) is 1. The maximum Gasteiger partial charge on any atom is 0.416 e. The molecule has 0 aliphatic carbocycles. The highest BCUT2D eigenvalue weighted by Crippen LogP contribution is 2.30. The number of halogens is 3. The van der Waals surface area contributed by atoms with E-state index in [-0.39, 0.29) is 23.0 Å². The Morgan fingerprint density at radius 3 is 2.38 bits per heavy atom. The van der Waals surface area contributed by atoms with Gasteiger partial charge in [0.2, 0.25) is 0 Å². The van der Waals surface area contributed by atoms with Crippen LogP contribution in [0, 0.1) is 0 Å². The third-order valence-electron chi connectivity index (χ3n) is 3.25. The van der Waals surface area contributed by atoms with Crippen LogP contribution in [0.15, 0.2) is 24.3 Å². The molecule has 0 aromatic heterocycles. The van der Waals surface area contributed by atoms with Crippen molar-refractivity contribution < 1.29 is 27.5 Å². The summed E-state index contributed by atoms with van der Waals surface area (Å²) in [5.74, 6) is -0.256. The predicted octanol–water partition coefficient (Wildman–Crippen LogP) is 3.60. The van der Waals surface area contributed by atoms with Gasteiger partial charge in [0.1, 0.15) is 5.60 Å². The average Bonchev–Trinajstić information content (AvgIpc) is 2.99. The minimum absolute atomic E-state index is 0.124. The number of Topliss-reactive ketones (excluding diaryl/α,β-unsaturated/α-hetero) is 1. The lowest BCUT2D eigenvalue weighted by Crippen LogP contribution is -2.30. The molecule has 0 saturated carbocycles. The smallest absolute Gasteiger partial charge is 0.416 e. The molecule has 0 amide bonds. The van der Waals surface area contributed by atoms with Crippen molar-refractivity contribution in [3.05, 3.63) is 35.4 Å². The Morgan fingerprint density at radius 2 is 1.96 bits per heavy atom. The molecule has 1 aromatic carbocycles. The summed E-state index contributed by atoms with van der Waals surface area (Å²) in [4.78, 5) is 21.5. The fraction of sp³-hybridized carbons (Fsp3) is 0.529. The monoisotopic (exact) mass is 345 g/mol. The molecule has 2 rings (SSSR count). The molecule has 24 heavy (non-hydrogen) atoms. The highest BCUT2D eigenvalue weighted by atomic mass is 19.4. The Hall–Kier alpha value is -1.89. The fourth-order valence-electron chi connectivity index (χ4n) is 2.10. The molecule has 1 N–H and O–H groups in total. The Kier molecular flexibility index (Phi) is 6.95. The van der Waals surface area contributed by atoms with Crippen LogP contribution in [-0.2, 0) is 15.7 Å². The van der Waals surface area contributed by atoms with E-state index in [9.17, 15) is 22.8 Å². The quantitative estimate of drug-likeness (QED) is 0.672. The summed E-state index contributed by atoms with van der Waals surface area (Å²) in [7, 11) is 0. The SMILES string of the molecule is CC(C)(C)OC=O.O=C(c1cccc(C(F)(F)F)c1)[C@@H]1CCCN1. The number of carbonyl (C=O) groups excluding carboxylic acids is 2. The van der Waals surface area contributed by atoms with Crippen LogP contribution in [0.25, 0.3) is 0 Å². The molecule has 1 fully saturated rings. The summed E-state index contributed by atoms with van der Waals surface area (Å²) >= 11 is 0. The molecule has 0 bridgehead atoms. The second-order valence-corrected chi connectivity index (χ2v) is 6.42. The van der Waals surface area contributed by atoms with Gasteiger partial charge in [-0.15, -0.1) is 0 Å². The number of alkyl halides is 3. The first kappa shape index (κ1) is 20.2. The van der Waals surface area contributed by atoms with Gasteiger partial charge in [-0.1, -0.05) is 12.1 Å². The third kappa shape index (κ3) is 6.70. The van der Waals surface area contributed by atoms with Crippen LogP contribution in [0.1, 0.15) is 49.5 Å². The maximum atomic E-state index is 12.5. The van der Waals surface area contributed by atoms with Crippen LogP contribution >= 0.6 is 0 Å². The zero-order valence-corrected chi connectivity index (χ0v) is 13.9. The molecule has 134 valence electrons. The molecule has 0 radical (unpaired) electrons. The molecule has 1 saturated heterocycles. The maximum absolute atomic E-state index is 12.5. The van der Waals surface area contributed by atoms with E-state index in [1.165, 1.54) is 12.1 Å². The van der Waals surface area contributed by atoms with E-state index in [1.807, 2.05) is 20.8 Å². The predicted molar refractivity (Wildman–Crippen MR) is 83.7 cm³/mol. The molecular weight excluding hydrogens is 323 g/mol. The first-order chi connectivity index (χ1) is 11.0. The largest absolute Gasteiger partial charge is 0.462 e. The van der Waals surface area contributed by atoms with Gasteiger partial charge in [-0.3, -0.25) is 9.59 Å². The third-order valence-corrected chi connectivity index (χ3v) is 3.25. The molecule has 0 spiro atoms. The summed E-state index contributed by atoms with van der Waals surface area (Å²) < 4.78 is 42.0. The van der Waals surface area contributed by atoms with E-state index in [0.717, 1.165) is 25.1 Å². The van der Waals surface area contributed by atoms with Crippen LogP contribution in [0.4, 0.5) is 13.2 Å². The van der Waals surface area contributed by atoms with Crippen molar-refractivity contribution in [1.82, 2.24) is 5.32 Å². The number of ketones is 1. The zero-order valence-electron chi connectivity index (χ0n) is 13.9. The second kappa shape index (κ2) is 8.28. The Labute approximate surface area is 139 Å². The minimum Gasteiger partial charge on any atom is -0.462 e. The standard InChI is InChI=1S/C12H12F3NO.C5H10O2/c13-12(14,15)9-4-1-3-8(7-9)11(17)10-5-2-6-16-10;1-5(2,3)7-4-6/h1,3-4,7,10,16H,2,5-6H2;4H,1-3H3/t10-;/m0./s1. The lowest BCUT2D eigenvalue weighted by molar-refractivity contribution is -0.139. The average molecular weight is 345 g/mol. The Morgan fingerprint density at radius 1 is 1.29 bits per heavy atom. The van der Waals surface area contributed by atoms with E-state index < -0.39 is 11.7 Å². The highest BCUT2D eigenvalue weighted by molar-refractivity contribution is 6.00. The van der Waals surface area contributed by atoms with Crippen LogP contribution in [0.3, 0.4) is 0 Å². The van der Waals surface area contributed by atoms with Gasteiger partial charge in [-0.25, -0.2) is 0 Å². The van der Waals surface area contributed by atoms with Crippen LogP contribution in [0.5, 0.6) is 0 Å². The van der Waals surface area contributed by atoms with Crippen molar-refractivity contribution in [2.45, 2.75) is 51.4 Å². The summed E-state index contributed by atoms with van der Waals surface area (Å²) in [6.45, 7) is 6.67. The highest BCUT2D eigenvalue weighted by Gasteiger charge is 2.32. The van der Waals surface area contributed by atoms with Gasteiger partial charge in [0.05, 0.1) is 11.6 Å². The van der Waals surface area contributed by atoms with E-state index in [2.05, 4.69) is 10.1 Å². The molecule has 1 heterocycles.